The molecule has 2 aromatic rings. The van der Waals surface area contributed by atoms with Crippen LogP contribution in [0.1, 0.15) is 31.9 Å². The zero-order valence-corrected chi connectivity index (χ0v) is 17.5. The van der Waals surface area contributed by atoms with E-state index < -0.39 is 0 Å². The largest absolute Gasteiger partial charge is 0.496 e. The average Bonchev–Trinajstić information content (AvgIpc) is 2.67. The number of ether oxygens (including phenoxy) is 3. The van der Waals surface area contributed by atoms with Gasteiger partial charge in [-0.1, -0.05) is 39.0 Å². The number of methoxy groups -OCH3 is 3. The Morgan fingerprint density at radius 3 is 2.14 bits per heavy atom. The molecule has 0 radical (unpaired) electrons. The summed E-state index contributed by atoms with van der Waals surface area (Å²) >= 11 is 0. The number of carbonyl (C=O) groups excluding carboxylic acids is 1. The summed E-state index contributed by atoms with van der Waals surface area (Å²) < 4.78 is 16.1. The van der Waals surface area contributed by atoms with Crippen LogP contribution in [0.15, 0.2) is 36.4 Å². The number of amides is 2. The summed E-state index contributed by atoms with van der Waals surface area (Å²) in [5.74, 6) is 1.92. The second-order valence-electron chi connectivity index (χ2n) is 7.45. The number of carbonyl (C=O) groups is 1. The minimum absolute atomic E-state index is 0.0586. The lowest BCUT2D eigenvalue weighted by Gasteiger charge is -2.23. The highest BCUT2D eigenvalue weighted by Crippen LogP contribution is 2.34. The Morgan fingerprint density at radius 1 is 0.929 bits per heavy atom. The molecule has 2 rings (SSSR count). The lowest BCUT2D eigenvalue weighted by molar-refractivity contribution is 0.252. The number of nitrogens with one attached hydrogen (secondary N) is 2. The predicted octanol–water partition coefficient (Wildman–Crippen LogP) is 4.37. The highest BCUT2D eigenvalue weighted by molar-refractivity contribution is 5.90. The maximum atomic E-state index is 12.4. The van der Waals surface area contributed by atoms with Crippen LogP contribution in [-0.2, 0) is 11.8 Å². The van der Waals surface area contributed by atoms with Crippen molar-refractivity contribution in [2.24, 2.45) is 0 Å². The van der Waals surface area contributed by atoms with Crippen LogP contribution in [0.4, 0.5) is 10.5 Å². The van der Waals surface area contributed by atoms with Gasteiger partial charge in [0.2, 0.25) is 0 Å². The molecule has 2 N–H and O–H groups in total. The quantitative estimate of drug-likeness (QED) is 0.741. The summed E-state index contributed by atoms with van der Waals surface area (Å²) in [6.45, 7) is 6.81. The zero-order chi connectivity index (χ0) is 20.7. The van der Waals surface area contributed by atoms with Gasteiger partial charge >= 0.3 is 6.03 Å². The van der Waals surface area contributed by atoms with Crippen LogP contribution in [0, 0.1) is 0 Å². The Kier molecular flexibility index (Phi) is 7.15. The number of benzene rings is 2. The maximum absolute atomic E-state index is 12.4. The van der Waals surface area contributed by atoms with Crippen molar-refractivity contribution in [3.8, 4) is 17.2 Å². The monoisotopic (exact) mass is 386 g/mol. The zero-order valence-electron chi connectivity index (χ0n) is 17.5. The van der Waals surface area contributed by atoms with E-state index in [1.54, 1.807) is 27.4 Å². The topological polar surface area (TPSA) is 68.8 Å². The first-order valence-corrected chi connectivity index (χ1v) is 9.23. The van der Waals surface area contributed by atoms with E-state index in [1.807, 2.05) is 30.3 Å². The third kappa shape index (κ3) is 5.31. The predicted molar refractivity (Wildman–Crippen MR) is 112 cm³/mol. The molecule has 0 unspecified atom stereocenters. The SMILES string of the molecule is COc1cc(OC)c(OC)cc1CCNC(=O)Nc1ccccc1C(C)(C)C. The van der Waals surface area contributed by atoms with Gasteiger partial charge in [0.05, 0.1) is 21.3 Å². The molecule has 6 heteroatoms. The molecule has 152 valence electrons. The second-order valence-corrected chi connectivity index (χ2v) is 7.45. The van der Waals surface area contributed by atoms with Crippen molar-refractivity contribution in [2.75, 3.05) is 33.2 Å². The Labute approximate surface area is 167 Å². The van der Waals surface area contributed by atoms with Crippen molar-refractivity contribution in [2.45, 2.75) is 32.6 Å². The minimum Gasteiger partial charge on any atom is -0.496 e. The molecular weight excluding hydrogens is 356 g/mol. The fourth-order valence-electron chi connectivity index (χ4n) is 3.01. The van der Waals surface area contributed by atoms with E-state index in [9.17, 15) is 4.79 Å². The summed E-state index contributed by atoms with van der Waals surface area (Å²) in [7, 11) is 4.78. The van der Waals surface area contributed by atoms with Crippen LogP contribution < -0.4 is 24.8 Å². The maximum Gasteiger partial charge on any atom is 0.319 e. The molecule has 0 aliphatic rings. The van der Waals surface area contributed by atoms with Gasteiger partial charge in [0.1, 0.15) is 5.75 Å². The van der Waals surface area contributed by atoms with E-state index in [4.69, 9.17) is 14.2 Å². The molecule has 28 heavy (non-hydrogen) atoms. The van der Waals surface area contributed by atoms with Crippen LogP contribution in [0.3, 0.4) is 0 Å². The second kappa shape index (κ2) is 9.35. The summed E-state index contributed by atoms with van der Waals surface area (Å²) in [5.41, 5.74) is 2.77. The van der Waals surface area contributed by atoms with Gasteiger partial charge in [0.25, 0.3) is 0 Å². The Hall–Kier alpha value is -2.89. The van der Waals surface area contributed by atoms with E-state index in [0.717, 1.165) is 16.8 Å². The van der Waals surface area contributed by atoms with Crippen LogP contribution in [0.2, 0.25) is 0 Å². The fraction of sp³-hybridized carbons (Fsp3) is 0.409. The summed E-state index contributed by atoms with van der Waals surface area (Å²) in [6, 6.07) is 11.3. The molecule has 0 spiro atoms. The fourth-order valence-corrected chi connectivity index (χ4v) is 3.01. The van der Waals surface area contributed by atoms with Gasteiger partial charge in [-0.15, -0.1) is 0 Å². The third-order valence-electron chi connectivity index (χ3n) is 4.45. The van der Waals surface area contributed by atoms with E-state index in [1.165, 1.54) is 0 Å². The minimum atomic E-state index is -0.240. The molecule has 0 fully saturated rings. The van der Waals surface area contributed by atoms with Crippen molar-refractivity contribution in [1.82, 2.24) is 5.32 Å². The van der Waals surface area contributed by atoms with Gasteiger partial charge < -0.3 is 24.8 Å². The lowest BCUT2D eigenvalue weighted by atomic mass is 9.86. The molecule has 0 bridgehead atoms. The van der Waals surface area contributed by atoms with Crippen LogP contribution in [0.25, 0.3) is 0 Å². The van der Waals surface area contributed by atoms with E-state index in [2.05, 4.69) is 31.4 Å². The lowest BCUT2D eigenvalue weighted by Crippen LogP contribution is -2.31. The molecule has 2 aromatic carbocycles. The molecule has 0 aromatic heterocycles. The standard InChI is InChI=1S/C22H30N2O4/c1-22(2,3)16-9-7-8-10-17(16)24-21(25)23-12-11-15-13-19(27-5)20(28-6)14-18(15)26-4/h7-10,13-14H,11-12H2,1-6H3,(H2,23,24,25). The first kappa shape index (κ1) is 21.4. The highest BCUT2D eigenvalue weighted by Gasteiger charge is 2.18. The van der Waals surface area contributed by atoms with E-state index in [0.29, 0.717) is 30.2 Å². The molecule has 0 aliphatic heterocycles. The van der Waals surface area contributed by atoms with Gasteiger partial charge in [-0.2, -0.15) is 0 Å². The van der Waals surface area contributed by atoms with Gasteiger partial charge in [-0.25, -0.2) is 4.79 Å². The highest BCUT2D eigenvalue weighted by atomic mass is 16.5. The van der Waals surface area contributed by atoms with Crippen LogP contribution in [0.5, 0.6) is 17.2 Å². The van der Waals surface area contributed by atoms with Crippen molar-refractivity contribution < 1.29 is 19.0 Å². The van der Waals surface area contributed by atoms with Crippen LogP contribution >= 0.6 is 0 Å². The van der Waals surface area contributed by atoms with Crippen LogP contribution in [-0.4, -0.2) is 33.9 Å². The molecular formula is C22H30N2O4. The van der Waals surface area contributed by atoms with Gasteiger partial charge in [0.15, 0.2) is 11.5 Å². The normalized spacial score (nSPS) is 10.9. The van der Waals surface area contributed by atoms with Crippen molar-refractivity contribution in [3.63, 3.8) is 0 Å². The first-order valence-electron chi connectivity index (χ1n) is 9.23. The first-order chi connectivity index (χ1) is 13.3. The van der Waals surface area contributed by atoms with Gasteiger partial charge in [-0.3, -0.25) is 0 Å². The summed E-state index contributed by atoms with van der Waals surface area (Å²) in [4.78, 5) is 12.4. The molecule has 0 atom stereocenters. The van der Waals surface area contributed by atoms with E-state index in [-0.39, 0.29) is 11.4 Å². The number of para-hydroxylation sites is 1. The number of urea groups is 1. The number of hydrogen-bond donors (Lipinski definition) is 2. The molecule has 0 aliphatic carbocycles. The Bertz CT molecular complexity index is 813. The summed E-state index contributed by atoms with van der Waals surface area (Å²) in [5, 5.41) is 5.84. The number of anilines is 1. The molecule has 2 amide bonds. The molecule has 0 saturated carbocycles. The Morgan fingerprint density at radius 2 is 1.54 bits per heavy atom. The van der Waals surface area contributed by atoms with E-state index >= 15 is 0 Å². The van der Waals surface area contributed by atoms with Gasteiger partial charge in [-0.05, 0) is 35.1 Å². The third-order valence-corrected chi connectivity index (χ3v) is 4.45. The van der Waals surface area contributed by atoms with Crippen molar-refractivity contribution >= 4 is 11.7 Å². The van der Waals surface area contributed by atoms with Gasteiger partial charge in [0, 0.05) is 18.3 Å². The number of rotatable bonds is 7. The molecule has 6 nitrogen and oxygen atoms in total. The van der Waals surface area contributed by atoms with Crippen molar-refractivity contribution in [3.05, 3.63) is 47.5 Å². The smallest absolute Gasteiger partial charge is 0.319 e. The Balaban J connectivity index is 2.02. The molecule has 0 heterocycles. The average molecular weight is 386 g/mol. The van der Waals surface area contributed by atoms with Crippen molar-refractivity contribution in [1.29, 1.82) is 0 Å². The molecule has 0 saturated heterocycles. The summed E-state index contributed by atoms with van der Waals surface area (Å²) in [6.07, 6.45) is 0.595. The number of hydrogen-bond acceptors (Lipinski definition) is 4.